The first kappa shape index (κ1) is 14.8. The first-order chi connectivity index (χ1) is 10.0. The van der Waals surface area contributed by atoms with E-state index >= 15 is 0 Å². The summed E-state index contributed by atoms with van der Waals surface area (Å²) in [5, 5.41) is 2.85. The zero-order chi connectivity index (χ0) is 15.4. The minimum Gasteiger partial charge on any atom is -0.495 e. The number of nitrogens with two attached hydrogens (primary N) is 1. The van der Waals surface area contributed by atoms with Crippen molar-refractivity contribution < 1.29 is 14.3 Å². The van der Waals surface area contributed by atoms with E-state index in [1.54, 1.807) is 6.07 Å². The van der Waals surface area contributed by atoms with Crippen molar-refractivity contribution in [2.24, 2.45) is 5.73 Å². The summed E-state index contributed by atoms with van der Waals surface area (Å²) in [6.07, 6.45) is 1.42. The van der Waals surface area contributed by atoms with Crippen LogP contribution in [0.5, 0.6) is 5.75 Å². The zero-order valence-corrected chi connectivity index (χ0v) is 11.8. The van der Waals surface area contributed by atoms with Crippen molar-refractivity contribution in [3.63, 3.8) is 0 Å². The van der Waals surface area contributed by atoms with Crippen LogP contribution in [0.3, 0.4) is 0 Å². The molecule has 0 unspecified atom stereocenters. The maximum atomic E-state index is 12.1. The molecule has 0 aliphatic rings. The quantitative estimate of drug-likeness (QED) is 0.846. The Morgan fingerprint density at radius 1 is 1.24 bits per heavy atom. The van der Waals surface area contributed by atoms with Crippen molar-refractivity contribution in [3.05, 3.63) is 52.8 Å². The number of amides is 2. The fourth-order valence-electron chi connectivity index (χ4n) is 1.70. The summed E-state index contributed by atoms with van der Waals surface area (Å²) in [6.45, 7) is 0. The lowest BCUT2D eigenvalue weighted by molar-refractivity contribution is 0.0996. The number of hydrogen-bond donors (Lipinski definition) is 2. The minimum atomic E-state index is -0.597. The Morgan fingerprint density at radius 3 is 2.62 bits per heavy atom. The first-order valence-electron chi connectivity index (χ1n) is 5.92. The smallest absolute Gasteiger partial charge is 0.255 e. The number of aromatic nitrogens is 1. The van der Waals surface area contributed by atoms with Crippen LogP contribution in [0.2, 0.25) is 5.15 Å². The van der Waals surface area contributed by atoms with Gasteiger partial charge >= 0.3 is 0 Å². The van der Waals surface area contributed by atoms with Gasteiger partial charge in [-0.25, -0.2) is 4.98 Å². The molecule has 21 heavy (non-hydrogen) atoms. The summed E-state index contributed by atoms with van der Waals surface area (Å²) in [7, 11) is 1.46. The maximum absolute atomic E-state index is 12.1. The van der Waals surface area contributed by atoms with Gasteiger partial charge in [-0.05, 0) is 30.3 Å². The van der Waals surface area contributed by atoms with E-state index in [1.807, 2.05) is 0 Å². The number of ether oxygens (including phenoxy) is 1. The number of methoxy groups -OCH3 is 1. The number of nitrogens with one attached hydrogen (secondary N) is 1. The zero-order valence-electron chi connectivity index (χ0n) is 11.1. The highest BCUT2D eigenvalue weighted by atomic mass is 35.5. The molecule has 2 amide bonds. The highest BCUT2D eigenvalue weighted by Crippen LogP contribution is 2.26. The molecule has 0 saturated heterocycles. The molecule has 0 saturated carbocycles. The third kappa shape index (κ3) is 3.49. The van der Waals surface area contributed by atoms with Gasteiger partial charge in [-0.3, -0.25) is 9.59 Å². The molecular formula is C14H12ClN3O3. The van der Waals surface area contributed by atoms with E-state index in [2.05, 4.69) is 10.3 Å². The van der Waals surface area contributed by atoms with E-state index in [-0.39, 0.29) is 10.7 Å². The van der Waals surface area contributed by atoms with Crippen molar-refractivity contribution in [2.75, 3.05) is 12.4 Å². The van der Waals surface area contributed by atoms with Crippen LogP contribution in [0.25, 0.3) is 0 Å². The van der Waals surface area contributed by atoms with Gasteiger partial charge in [-0.2, -0.15) is 0 Å². The molecule has 0 radical (unpaired) electrons. The predicted molar refractivity (Wildman–Crippen MR) is 78.7 cm³/mol. The summed E-state index contributed by atoms with van der Waals surface area (Å²) in [6, 6.07) is 7.46. The molecule has 2 aromatic rings. The lowest BCUT2D eigenvalue weighted by atomic mass is 10.1. The number of nitrogens with zero attached hydrogens (tertiary/aromatic N) is 1. The first-order valence-corrected chi connectivity index (χ1v) is 6.30. The monoisotopic (exact) mass is 305 g/mol. The Balaban J connectivity index is 2.31. The predicted octanol–water partition coefficient (Wildman–Crippen LogP) is 2.09. The summed E-state index contributed by atoms with van der Waals surface area (Å²) in [5.41, 5.74) is 6.15. The third-order valence-electron chi connectivity index (χ3n) is 2.72. The maximum Gasteiger partial charge on any atom is 0.255 e. The van der Waals surface area contributed by atoms with Crippen LogP contribution in [-0.4, -0.2) is 23.9 Å². The molecule has 0 atom stereocenters. The van der Waals surface area contributed by atoms with Crippen LogP contribution >= 0.6 is 11.6 Å². The van der Waals surface area contributed by atoms with Gasteiger partial charge in [0.2, 0.25) is 5.91 Å². The van der Waals surface area contributed by atoms with E-state index in [0.29, 0.717) is 17.0 Å². The number of carbonyl (C=O) groups is 2. The molecule has 1 aromatic heterocycles. The number of rotatable bonds is 4. The van der Waals surface area contributed by atoms with E-state index in [9.17, 15) is 9.59 Å². The number of carbonyl (C=O) groups excluding carboxylic acids is 2. The molecule has 0 aliphatic carbocycles. The highest BCUT2D eigenvalue weighted by Gasteiger charge is 2.12. The lowest BCUT2D eigenvalue weighted by Crippen LogP contribution is -2.15. The number of pyridine rings is 1. The Hall–Kier alpha value is -2.60. The van der Waals surface area contributed by atoms with Gasteiger partial charge in [-0.15, -0.1) is 0 Å². The molecule has 0 spiro atoms. The largest absolute Gasteiger partial charge is 0.495 e. The lowest BCUT2D eigenvalue weighted by Gasteiger charge is -2.11. The summed E-state index contributed by atoms with van der Waals surface area (Å²) < 4.78 is 5.14. The summed E-state index contributed by atoms with van der Waals surface area (Å²) in [5.74, 6) is -0.590. The van der Waals surface area contributed by atoms with Gasteiger partial charge in [0.25, 0.3) is 5.91 Å². The Kier molecular flexibility index (Phi) is 4.39. The van der Waals surface area contributed by atoms with Crippen LogP contribution in [0, 0.1) is 0 Å². The van der Waals surface area contributed by atoms with Crippen LogP contribution < -0.4 is 15.8 Å². The van der Waals surface area contributed by atoms with Gasteiger partial charge in [0.1, 0.15) is 10.9 Å². The van der Waals surface area contributed by atoms with Crippen LogP contribution in [-0.2, 0) is 0 Å². The van der Waals surface area contributed by atoms with Crippen molar-refractivity contribution in [3.8, 4) is 5.75 Å². The number of halogens is 1. The number of primary amides is 1. The second kappa shape index (κ2) is 6.23. The normalized spacial score (nSPS) is 10.0. The fraction of sp³-hybridized carbons (Fsp3) is 0.0714. The second-order valence-corrected chi connectivity index (χ2v) is 4.49. The van der Waals surface area contributed by atoms with E-state index in [0.717, 1.165) is 0 Å². The Morgan fingerprint density at radius 2 is 2.00 bits per heavy atom. The molecular weight excluding hydrogens is 294 g/mol. The fourth-order valence-corrected chi connectivity index (χ4v) is 1.87. The van der Waals surface area contributed by atoms with E-state index in [1.165, 1.54) is 37.6 Å². The summed E-state index contributed by atoms with van der Waals surface area (Å²) >= 11 is 5.74. The molecule has 0 aliphatic heterocycles. The Labute approximate surface area is 125 Å². The number of anilines is 1. The van der Waals surface area contributed by atoms with E-state index < -0.39 is 11.8 Å². The molecule has 6 nitrogen and oxygen atoms in total. The molecule has 0 fully saturated rings. The van der Waals surface area contributed by atoms with Gasteiger partial charge in [0.15, 0.2) is 0 Å². The highest BCUT2D eigenvalue weighted by molar-refractivity contribution is 6.29. The molecule has 108 valence electrons. The van der Waals surface area contributed by atoms with Gasteiger partial charge in [-0.1, -0.05) is 11.6 Å². The van der Waals surface area contributed by atoms with E-state index in [4.69, 9.17) is 22.1 Å². The van der Waals surface area contributed by atoms with Gasteiger partial charge in [0, 0.05) is 17.3 Å². The Bertz CT molecular complexity index is 704. The van der Waals surface area contributed by atoms with Gasteiger partial charge in [0.05, 0.1) is 12.8 Å². The number of benzene rings is 1. The molecule has 1 aromatic carbocycles. The minimum absolute atomic E-state index is 0.209. The van der Waals surface area contributed by atoms with Crippen LogP contribution in [0.4, 0.5) is 5.69 Å². The van der Waals surface area contributed by atoms with Crippen LogP contribution in [0.1, 0.15) is 20.7 Å². The standard InChI is InChI=1S/C14H12ClN3O3/c1-21-11-3-2-8(13(16)19)6-10(11)18-14(20)9-4-5-17-12(15)7-9/h2-7H,1H3,(H2,16,19)(H,18,20). The van der Waals surface area contributed by atoms with Crippen molar-refractivity contribution in [1.29, 1.82) is 0 Å². The average Bonchev–Trinajstić information content (AvgIpc) is 2.47. The van der Waals surface area contributed by atoms with Crippen molar-refractivity contribution in [1.82, 2.24) is 4.98 Å². The number of hydrogen-bond acceptors (Lipinski definition) is 4. The molecule has 3 N–H and O–H groups in total. The molecule has 1 heterocycles. The molecule has 0 bridgehead atoms. The second-order valence-electron chi connectivity index (χ2n) is 4.10. The van der Waals surface area contributed by atoms with Crippen molar-refractivity contribution in [2.45, 2.75) is 0 Å². The molecule has 2 rings (SSSR count). The van der Waals surface area contributed by atoms with Crippen LogP contribution in [0.15, 0.2) is 36.5 Å². The summed E-state index contributed by atoms with van der Waals surface area (Å²) in [4.78, 5) is 27.1. The average molecular weight is 306 g/mol. The topological polar surface area (TPSA) is 94.3 Å². The SMILES string of the molecule is COc1ccc(C(N)=O)cc1NC(=O)c1ccnc(Cl)c1. The molecule has 7 heteroatoms. The third-order valence-corrected chi connectivity index (χ3v) is 2.93. The van der Waals surface area contributed by atoms with Gasteiger partial charge < -0.3 is 15.8 Å². The van der Waals surface area contributed by atoms with Crippen molar-refractivity contribution >= 4 is 29.1 Å².